The number of rotatable bonds is 3. The molecule has 1 atom stereocenters. The fraction of sp³-hybridized carbons (Fsp3) is 0.467. The molecule has 1 aliphatic carbocycles. The molecule has 0 bridgehead atoms. The van der Waals surface area contributed by atoms with Crippen LogP contribution in [0.15, 0.2) is 23.2 Å². The molecular formula is C15H17ClFN3OS. The van der Waals surface area contributed by atoms with Gasteiger partial charge in [0.25, 0.3) is 0 Å². The number of hydrogen-bond acceptors (Lipinski definition) is 3. The molecule has 1 amide bonds. The average Bonchev–Trinajstić information content (AvgIpc) is 3.21. The van der Waals surface area contributed by atoms with E-state index in [0.717, 1.165) is 18.0 Å². The van der Waals surface area contributed by atoms with E-state index < -0.39 is 5.82 Å². The smallest absolute Gasteiger partial charge is 0.225 e. The predicted molar refractivity (Wildman–Crippen MR) is 89.0 cm³/mol. The number of halogens is 2. The van der Waals surface area contributed by atoms with Gasteiger partial charge in [0.1, 0.15) is 12.0 Å². The highest BCUT2D eigenvalue weighted by molar-refractivity contribution is 8.14. The Balaban J connectivity index is 1.91. The van der Waals surface area contributed by atoms with Crippen LogP contribution in [0.2, 0.25) is 5.02 Å². The molecule has 0 spiro atoms. The zero-order valence-corrected chi connectivity index (χ0v) is 14.0. The number of carbonyl (C=O) groups is 1. The maximum Gasteiger partial charge on any atom is 0.225 e. The molecule has 118 valence electrons. The van der Waals surface area contributed by atoms with Gasteiger partial charge in [-0.1, -0.05) is 23.4 Å². The van der Waals surface area contributed by atoms with Crippen molar-refractivity contribution in [1.29, 1.82) is 0 Å². The molecule has 1 aliphatic heterocycles. The molecule has 1 unspecified atom stereocenters. The summed E-state index contributed by atoms with van der Waals surface area (Å²) < 4.78 is 14.2. The second-order valence-electron chi connectivity index (χ2n) is 5.53. The minimum Gasteiger partial charge on any atom is -0.333 e. The van der Waals surface area contributed by atoms with Crippen LogP contribution in [-0.2, 0) is 4.79 Å². The molecule has 4 nitrogen and oxygen atoms in total. The first-order valence-corrected chi connectivity index (χ1v) is 8.52. The Labute approximate surface area is 138 Å². The Morgan fingerprint density at radius 1 is 1.50 bits per heavy atom. The van der Waals surface area contributed by atoms with Gasteiger partial charge in [-0.25, -0.2) is 4.39 Å². The predicted octanol–water partition coefficient (Wildman–Crippen LogP) is 3.36. The Hall–Kier alpha value is -1.27. The first-order chi connectivity index (χ1) is 10.5. The lowest BCUT2D eigenvalue weighted by Gasteiger charge is -2.33. The standard InChI is InChI=1S/C15H17ClFN3OS/c1-9(21)20(13-7-10(16)3-6-12(13)17)14-8-22-15(19(14)2)18-11-4-5-11/h3,6-7,11,14H,4-5,8H2,1-2H3. The van der Waals surface area contributed by atoms with E-state index in [0.29, 0.717) is 16.8 Å². The van der Waals surface area contributed by atoms with E-state index in [2.05, 4.69) is 4.99 Å². The van der Waals surface area contributed by atoms with E-state index in [-0.39, 0.29) is 17.8 Å². The first-order valence-electron chi connectivity index (χ1n) is 7.15. The Morgan fingerprint density at radius 2 is 2.23 bits per heavy atom. The number of nitrogens with zero attached hydrogens (tertiary/aromatic N) is 3. The lowest BCUT2D eigenvalue weighted by atomic mass is 10.2. The van der Waals surface area contributed by atoms with Crippen molar-refractivity contribution in [2.45, 2.75) is 32.0 Å². The van der Waals surface area contributed by atoms with Gasteiger partial charge in [-0.15, -0.1) is 0 Å². The van der Waals surface area contributed by atoms with Gasteiger partial charge in [-0.3, -0.25) is 14.7 Å². The minimum atomic E-state index is -0.453. The topological polar surface area (TPSA) is 35.9 Å². The van der Waals surface area contributed by atoms with Gasteiger partial charge in [-0.05, 0) is 31.0 Å². The monoisotopic (exact) mass is 341 g/mol. The molecule has 7 heteroatoms. The average molecular weight is 342 g/mol. The fourth-order valence-electron chi connectivity index (χ4n) is 2.44. The number of thioether (sulfide) groups is 1. The quantitative estimate of drug-likeness (QED) is 0.845. The van der Waals surface area contributed by atoms with E-state index in [4.69, 9.17) is 11.6 Å². The van der Waals surface area contributed by atoms with Crippen molar-refractivity contribution in [3.05, 3.63) is 29.0 Å². The van der Waals surface area contributed by atoms with Crippen LogP contribution in [0.5, 0.6) is 0 Å². The molecule has 0 radical (unpaired) electrons. The molecule has 1 aromatic rings. The number of amides is 1. The maximum atomic E-state index is 14.2. The Kier molecular flexibility index (Phi) is 4.32. The summed E-state index contributed by atoms with van der Waals surface area (Å²) >= 11 is 7.57. The van der Waals surface area contributed by atoms with Crippen LogP contribution in [-0.4, -0.2) is 41.0 Å². The van der Waals surface area contributed by atoms with E-state index in [1.807, 2.05) is 11.9 Å². The van der Waals surface area contributed by atoms with Crippen LogP contribution in [0.4, 0.5) is 10.1 Å². The molecule has 0 N–H and O–H groups in total. The highest BCUT2D eigenvalue weighted by Crippen LogP contribution is 2.34. The van der Waals surface area contributed by atoms with E-state index in [9.17, 15) is 9.18 Å². The van der Waals surface area contributed by atoms with Gasteiger partial charge < -0.3 is 4.90 Å². The number of hydrogen-bond donors (Lipinski definition) is 0. The number of benzene rings is 1. The van der Waals surface area contributed by atoms with Gasteiger partial charge in [0, 0.05) is 24.7 Å². The normalized spacial score (nSPS) is 23.2. The van der Waals surface area contributed by atoms with Crippen molar-refractivity contribution in [2.75, 3.05) is 17.7 Å². The van der Waals surface area contributed by atoms with Crippen molar-refractivity contribution in [3.63, 3.8) is 0 Å². The third-order valence-electron chi connectivity index (χ3n) is 3.76. The van der Waals surface area contributed by atoms with Gasteiger partial charge in [-0.2, -0.15) is 0 Å². The van der Waals surface area contributed by atoms with E-state index in [1.165, 1.54) is 30.0 Å². The first kappa shape index (κ1) is 15.6. The Bertz CT molecular complexity index is 635. The number of carbonyl (C=O) groups excluding carboxylic acids is 1. The molecule has 1 aromatic carbocycles. The second kappa shape index (κ2) is 6.08. The van der Waals surface area contributed by atoms with Gasteiger partial charge in [0.2, 0.25) is 5.91 Å². The van der Waals surface area contributed by atoms with E-state index >= 15 is 0 Å². The molecule has 0 aromatic heterocycles. The van der Waals surface area contributed by atoms with Crippen molar-refractivity contribution in [1.82, 2.24) is 4.90 Å². The van der Waals surface area contributed by atoms with Crippen molar-refractivity contribution < 1.29 is 9.18 Å². The summed E-state index contributed by atoms with van der Waals surface area (Å²) in [5, 5.41) is 1.32. The maximum absolute atomic E-state index is 14.2. The molecule has 2 fully saturated rings. The van der Waals surface area contributed by atoms with Gasteiger partial charge >= 0.3 is 0 Å². The zero-order valence-electron chi connectivity index (χ0n) is 12.4. The van der Waals surface area contributed by atoms with Crippen LogP contribution in [0.25, 0.3) is 0 Å². The minimum absolute atomic E-state index is 0.213. The molecule has 1 saturated heterocycles. The van der Waals surface area contributed by atoms with Gasteiger partial charge in [0.05, 0.1) is 11.7 Å². The largest absolute Gasteiger partial charge is 0.333 e. The highest BCUT2D eigenvalue weighted by atomic mass is 35.5. The molecule has 22 heavy (non-hydrogen) atoms. The summed E-state index contributed by atoms with van der Waals surface area (Å²) in [7, 11) is 1.89. The SMILES string of the molecule is CC(=O)N(c1cc(Cl)ccc1F)C1CSC(=NC2CC2)N1C. The van der Waals surface area contributed by atoms with E-state index in [1.54, 1.807) is 11.8 Å². The number of aliphatic imine (C=N–C) groups is 1. The summed E-state index contributed by atoms with van der Waals surface area (Å²) in [6.45, 7) is 1.44. The van der Waals surface area contributed by atoms with Crippen LogP contribution in [0.3, 0.4) is 0 Å². The van der Waals surface area contributed by atoms with Crippen molar-refractivity contribution >= 4 is 40.1 Å². The lowest BCUT2D eigenvalue weighted by molar-refractivity contribution is -0.117. The summed E-state index contributed by atoms with van der Waals surface area (Å²) in [5.74, 6) is -0.00926. The number of amidine groups is 1. The van der Waals surface area contributed by atoms with Crippen LogP contribution < -0.4 is 4.90 Å². The van der Waals surface area contributed by atoms with Crippen LogP contribution >= 0.6 is 23.4 Å². The lowest BCUT2D eigenvalue weighted by Crippen LogP contribution is -2.48. The zero-order chi connectivity index (χ0) is 15.9. The fourth-order valence-corrected chi connectivity index (χ4v) is 3.82. The third kappa shape index (κ3) is 3.08. The van der Waals surface area contributed by atoms with Crippen molar-refractivity contribution in [3.8, 4) is 0 Å². The molecule has 1 heterocycles. The molecule has 1 saturated carbocycles. The third-order valence-corrected chi connectivity index (χ3v) is 5.11. The van der Waals surface area contributed by atoms with Crippen LogP contribution in [0, 0.1) is 5.82 Å². The highest BCUT2D eigenvalue weighted by Gasteiger charge is 2.36. The second-order valence-corrected chi connectivity index (χ2v) is 6.95. The number of anilines is 1. The summed E-state index contributed by atoms with van der Waals surface area (Å²) in [5.41, 5.74) is 0.213. The molecule has 2 aliphatic rings. The molecular weight excluding hydrogens is 325 g/mol. The molecule has 3 rings (SSSR count). The van der Waals surface area contributed by atoms with Gasteiger partial charge in [0.15, 0.2) is 5.17 Å². The summed E-state index contributed by atoms with van der Waals surface area (Å²) in [6, 6.07) is 4.67. The summed E-state index contributed by atoms with van der Waals surface area (Å²) in [4.78, 5) is 20.2. The van der Waals surface area contributed by atoms with Crippen LogP contribution in [0.1, 0.15) is 19.8 Å². The Morgan fingerprint density at radius 3 is 2.86 bits per heavy atom. The summed E-state index contributed by atoms with van der Waals surface area (Å²) in [6.07, 6.45) is 2.00. The van der Waals surface area contributed by atoms with Crippen molar-refractivity contribution in [2.24, 2.45) is 4.99 Å².